The van der Waals surface area contributed by atoms with Crippen LogP contribution in [0.4, 0.5) is 17.1 Å². The van der Waals surface area contributed by atoms with E-state index in [0.29, 0.717) is 0 Å². The Kier molecular flexibility index (Phi) is 8.55. The zero-order chi connectivity index (χ0) is 37.3. The highest BCUT2D eigenvalue weighted by molar-refractivity contribution is 6.16. The van der Waals surface area contributed by atoms with Crippen molar-refractivity contribution in [1.29, 1.82) is 0 Å². The summed E-state index contributed by atoms with van der Waals surface area (Å²) in [6.07, 6.45) is 0. The van der Waals surface area contributed by atoms with E-state index in [-0.39, 0.29) is 0 Å². The average molecular weight is 715 g/mol. The third-order valence-corrected chi connectivity index (χ3v) is 10.8. The lowest BCUT2D eigenvalue weighted by Crippen LogP contribution is -2.10. The lowest BCUT2D eigenvalue weighted by Gasteiger charge is -2.27. The molecule has 0 aliphatic rings. The van der Waals surface area contributed by atoms with Crippen LogP contribution in [0.2, 0.25) is 0 Å². The van der Waals surface area contributed by atoms with Gasteiger partial charge in [-0.2, -0.15) is 0 Å². The minimum absolute atomic E-state index is 1.09. The second-order valence-corrected chi connectivity index (χ2v) is 14.1. The fourth-order valence-electron chi connectivity index (χ4n) is 8.26. The summed E-state index contributed by atoms with van der Waals surface area (Å²) < 4.78 is 2.39. The molecule has 0 atom stereocenters. The molecule has 1 aromatic heterocycles. The minimum atomic E-state index is 1.09. The number of para-hydroxylation sites is 2. The van der Waals surface area contributed by atoms with E-state index in [0.717, 1.165) is 22.7 Å². The molecule has 0 amide bonds. The number of hydrogen-bond donors (Lipinski definition) is 0. The maximum atomic E-state index is 2.42. The van der Waals surface area contributed by atoms with Gasteiger partial charge >= 0.3 is 0 Å². The zero-order valence-corrected chi connectivity index (χ0v) is 30.8. The molecule has 0 aliphatic heterocycles. The first-order valence-electron chi connectivity index (χ1n) is 19.2. The van der Waals surface area contributed by atoms with Crippen LogP contribution in [0.25, 0.3) is 72.0 Å². The second kappa shape index (κ2) is 14.4. The molecule has 9 aromatic carbocycles. The molecule has 0 aliphatic carbocycles. The average Bonchev–Trinajstić information content (AvgIpc) is 3.63. The van der Waals surface area contributed by atoms with Crippen LogP contribution in [0.5, 0.6) is 0 Å². The Morgan fingerprint density at radius 2 is 0.679 bits per heavy atom. The van der Waals surface area contributed by atoms with Gasteiger partial charge < -0.3 is 9.47 Å². The molecular formula is C54H38N2. The van der Waals surface area contributed by atoms with Crippen LogP contribution >= 0.6 is 0 Å². The van der Waals surface area contributed by atoms with Crippen LogP contribution in [0.15, 0.2) is 231 Å². The molecule has 0 spiro atoms. The van der Waals surface area contributed by atoms with Gasteiger partial charge in [0.25, 0.3) is 0 Å². The van der Waals surface area contributed by atoms with E-state index in [1.165, 1.54) is 66.3 Å². The molecule has 0 unspecified atom stereocenters. The molecule has 2 heteroatoms. The summed E-state index contributed by atoms with van der Waals surface area (Å²) in [5.41, 5.74) is 16.5. The first kappa shape index (κ1) is 33.2. The number of hydrogen-bond acceptors (Lipinski definition) is 1. The van der Waals surface area contributed by atoms with Gasteiger partial charge in [-0.3, -0.25) is 0 Å². The lowest BCUT2D eigenvalue weighted by molar-refractivity contribution is 1.18. The monoisotopic (exact) mass is 714 g/mol. The van der Waals surface area contributed by atoms with E-state index < -0.39 is 0 Å². The number of nitrogens with zero attached hydrogens (tertiary/aromatic N) is 2. The van der Waals surface area contributed by atoms with Crippen molar-refractivity contribution in [3.8, 4) is 50.2 Å². The van der Waals surface area contributed by atoms with Crippen molar-refractivity contribution in [2.24, 2.45) is 0 Å². The highest BCUT2D eigenvalue weighted by atomic mass is 15.1. The van der Waals surface area contributed by atoms with Crippen molar-refractivity contribution in [1.82, 2.24) is 4.57 Å². The molecule has 10 rings (SSSR count). The van der Waals surface area contributed by atoms with Gasteiger partial charge in [-0.25, -0.2) is 0 Å². The van der Waals surface area contributed by atoms with Gasteiger partial charge in [0.05, 0.1) is 16.7 Å². The van der Waals surface area contributed by atoms with Gasteiger partial charge in [0.2, 0.25) is 0 Å². The Labute approximate surface area is 327 Å². The van der Waals surface area contributed by atoms with Crippen LogP contribution < -0.4 is 4.90 Å². The smallest absolute Gasteiger partial charge is 0.0562 e. The fraction of sp³-hybridized carbons (Fsp3) is 0. The summed E-state index contributed by atoms with van der Waals surface area (Å²) in [6, 6.07) is 83.0. The third kappa shape index (κ3) is 5.95. The van der Waals surface area contributed by atoms with Crippen molar-refractivity contribution in [3.05, 3.63) is 231 Å². The molecular weight excluding hydrogens is 677 g/mol. The normalized spacial score (nSPS) is 11.2. The van der Waals surface area contributed by atoms with Crippen LogP contribution in [0.1, 0.15) is 0 Å². The maximum Gasteiger partial charge on any atom is 0.0562 e. The van der Waals surface area contributed by atoms with E-state index in [9.17, 15) is 0 Å². The number of fused-ring (bicyclic) bond motifs is 3. The third-order valence-electron chi connectivity index (χ3n) is 10.8. The van der Waals surface area contributed by atoms with E-state index in [2.05, 4.69) is 240 Å². The first-order chi connectivity index (χ1) is 27.8. The topological polar surface area (TPSA) is 8.17 Å². The Morgan fingerprint density at radius 3 is 1.18 bits per heavy atom. The zero-order valence-electron chi connectivity index (χ0n) is 30.8. The fourth-order valence-corrected chi connectivity index (χ4v) is 8.26. The van der Waals surface area contributed by atoms with Crippen LogP contribution in [0, 0.1) is 0 Å². The number of aromatic nitrogens is 1. The second-order valence-electron chi connectivity index (χ2n) is 14.1. The van der Waals surface area contributed by atoms with Crippen molar-refractivity contribution >= 4 is 38.9 Å². The summed E-state index contributed by atoms with van der Waals surface area (Å²) >= 11 is 0. The molecule has 1 heterocycles. The molecule has 56 heavy (non-hydrogen) atoms. The van der Waals surface area contributed by atoms with Crippen LogP contribution in [-0.4, -0.2) is 4.57 Å². The van der Waals surface area contributed by atoms with Crippen molar-refractivity contribution in [3.63, 3.8) is 0 Å². The summed E-state index contributed by atoms with van der Waals surface area (Å²) in [5.74, 6) is 0. The van der Waals surface area contributed by atoms with Crippen molar-refractivity contribution < 1.29 is 0 Å². The van der Waals surface area contributed by atoms with Gasteiger partial charge in [-0.05, 0) is 99.1 Å². The molecule has 10 aromatic rings. The van der Waals surface area contributed by atoms with Gasteiger partial charge in [0, 0.05) is 27.8 Å². The van der Waals surface area contributed by atoms with Crippen molar-refractivity contribution in [2.45, 2.75) is 0 Å². The lowest BCUT2D eigenvalue weighted by atomic mass is 9.94. The summed E-state index contributed by atoms with van der Waals surface area (Å²) in [7, 11) is 0. The minimum Gasteiger partial charge on any atom is -0.310 e. The Hall–Kier alpha value is -7.42. The molecule has 0 N–H and O–H groups in total. The quantitative estimate of drug-likeness (QED) is 0.152. The highest BCUT2D eigenvalue weighted by Gasteiger charge is 2.21. The molecule has 0 bridgehead atoms. The van der Waals surface area contributed by atoms with Gasteiger partial charge in [0.1, 0.15) is 0 Å². The molecule has 2 nitrogen and oxygen atoms in total. The molecule has 0 saturated heterocycles. The largest absolute Gasteiger partial charge is 0.310 e. The number of anilines is 3. The molecule has 0 fully saturated rings. The first-order valence-corrected chi connectivity index (χ1v) is 19.2. The summed E-state index contributed by atoms with van der Waals surface area (Å²) in [5, 5.41) is 2.43. The number of rotatable bonds is 8. The van der Waals surface area contributed by atoms with Crippen molar-refractivity contribution in [2.75, 3.05) is 4.90 Å². The standard InChI is InChI=1S/C54H38N2/c1-4-17-39(18-5-1)46-23-10-12-25-48(46)41-31-35-44(36-32-41)55(45-37-33-42(34-38-45)49-26-13-11-24-47(49)40-19-6-2-7-20-40)52-29-16-30-53-54(52)50-27-14-15-28-51(50)56(53)43-21-8-3-9-22-43/h1-38H. The maximum absolute atomic E-state index is 2.42. The molecule has 264 valence electrons. The van der Waals surface area contributed by atoms with E-state index in [4.69, 9.17) is 0 Å². The Morgan fingerprint density at radius 1 is 0.286 bits per heavy atom. The van der Waals surface area contributed by atoms with Gasteiger partial charge in [-0.1, -0.05) is 176 Å². The van der Waals surface area contributed by atoms with E-state index in [1.54, 1.807) is 0 Å². The van der Waals surface area contributed by atoms with Gasteiger partial charge in [-0.15, -0.1) is 0 Å². The summed E-state index contributed by atoms with van der Waals surface area (Å²) in [4.78, 5) is 2.42. The predicted molar refractivity (Wildman–Crippen MR) is 237 cm³/mol. The van der Waals surface area contributed by atoms with Crippen LogP contribution in [0.3, 0.4) is 0 Å². The highest BCUT2D eigenvalue weighted by Crippen LogP contribution is 2.45. The van der Waals surface area contributed by atoms with E-state index >= 15 is 0 Å². The SMILES string of the molecule is c1ccc(-c2ccccc2-c2ccc(N(c3ccc(-c4ccccc4-c4ccccc4)cc3)c3cccc4c3c3ccccc3n4-c3ccccc3)cc2)cc1. The molecule has 0 saturated carbocycles. The van der Waals surface area contributed by atoms with E-state index in [1.807, 2.05) is 0 Å². The Balaban J connectivity index is 1.15. The predicted octanol–water partition coefficient (Wildman–Crippen LogP) is 14.9. The Bertz CT molecular complexity index is 2800. The number of benzene rings is 9. The molecule has 0 radical (unpaired) electrons. The summed E-state index contributed by atoms with van der Waals surface area (Å²) in [6.45, 7) is 0. The van der Waals surface area contributed by atoms with Crippen LogP contribution in [-0.2, 0) is 0 Å². The van der Waals surface area contributed by atoms with Gasteiger partial charge in [0.15, 0.2) is 0 Å².